The number of nitrogens with zero attached hydrogens (tertiary/aromatic N) is 1. The molecule has 0 amide bonds. The lowest BCUT2D eigenvalue weighted by Crippen LogP contribution is -2.14. The third kappa shape index (κ3) is 3.99. The zero-order valence-corrected chi connectivity index (χ0v) is 12.6. The standard InChI is InChI=1S/C14H16ClNO3S/c1-9-14(10-2-4-11(15)5-3-10)19-13(16-9)8-20-7-12(18)6-17/h2-5,12,17-18H,6-8H2,1H3/t12-/m1/s1. The second-order valence-corrected chi connectivity index (χ2v) is 5.85. The molecule has 20 heavy (non-hydrogen) atoms. The summed E-state index contributed by atoms with van der Waals surface area (Å²) >= 11 is 7.33. The Balaban J connectivity index is 2.04. The lowest BCUT2D eigenvalue weighted by Gasteiger charge is -2.04. The Morgan fingerprint density at radius 2 is 2.05 bits per heavy atom. The topological polar surface area (TPSA) is 66.5 Å². The lowest BCUT2D eigenvalue weighted by atomic mass is 10.1. The fraction of sp³-hybridized carbons (Fsp3) is 0.357. The summed E-state index contributed by atoms with van der Waals surface area (Å²) in [5.41, 5.74) is 1.76. The molecular weight excluding hydrogens is 298 g/mol. The number of oxazole rings is 1. The Labute approximate surface area is 126 Å². The van der Waals surface area contributed by atoms with E-state index in [4.69, 9.17) is 21.1 Å². The van der Waals surface area contributed by atoms with Crippen molar-refractivity contribution in [2.24, 2.45) is 0 Å². The first-order valence-corrected chi connectivity index (χ1v) is 7.72. The van der Waals surface area contributed by atoms with Crippen molar-refractivity contribution in [2.45, 2.75) is 18.8 Å². The molecule has 2 rings (SSSR count). The van der Waals surface area contributed by atoms with Gasteiger partial charge >= 0.3 is 0 Å². The number of thioether (sulfide) groups is 1. The number of aryl methyl sites for hydroxylation is 1. The van der Waals surface area contributed by atoms with Crippen LogP contribution in [0.15, 0.2) is 28.7 Å². The van der Waals surface area contributed by atoms with Gasteiger partial charge in [-0.2, -0.15) is 0 Å². The third-order valence-electron chi connectivity index (χ3n) is 2.69. The Hall–Kier alpha value is -1.01. The van der Waals surface area contributed by atoms with E-state index in [9.17, 15) is 5.11 Å². The largest absolute Gasteiger partial charge is 0.440 e. The molecule has 1 aromatic heterocycles. The van der Waals surface area contributed by atoms with Crippen LogP contribution in [0.25, 0.3) is 11.3 Å². The van der Waals surface area contributed by atoms with Gasteiger partial charge in [0, 0.05) is 16.3 Å². The summed E-state index contributed by atoms with van der Waals surface area (Å²) < 4.78 is 5.74. The predicted molar refractivity (Wildman–Crippen MR) is 80.9 cm³/mol. The van der Waals surface area contributed by atoms with Gasteiger partial charge in [0.05, 0.1) is 24.2 Å². The summed E-state index contributed by atoms with van der Waals surface area (Å²) in [5, 5.41) is 18.7. The molecule has 0 saturated carbocycles. The van der Waals surface area contributed by atoms with Crippen LogP contribution in [0.1, 0.15) is 11.6 Å². The number of hydrogen-bond donors (Lipinski definition) is 2. The normalized spacial score (nSPS) is 12.6. The molecular formula is C14H16ClNO3S. The molecule has 2 aromatic rings. The Kier molecular flexibility index (Phi) is 5.48. The highest BCUT2D eigenvalue weighted by atomic mass is 35.5. The monoisotopic (exact) mass is 313 g/mol. The maximum atomic E-state index is 9.27. The van der Waals surface area contributed by atoms with Crippen molar-refractivity contribution < 1.29 is 14.6 Å². The molecule has 0 saturated heterocycles. The smallest absolute Gasteiger partial charge is 0.205 e. The number of rotatable bonds is 6. The zero-order valence-electron chi connectivity index (χ0n) is 11.0. The third-order valence-corrected chi connectivity index (χ3v) is 4.02. The molecule has 0 aliphatic carbocycles. The van der Waals surface area contributed by atoms with E-state index in [0.29, 0.717) is 22.4 Å². The van der Waals surface area contributed by atoms with Gasteiger partial charge in [-0.25, -0.2) is 4.98 Å². The molecule has 0 aliphatic rings. The lowest BCUT2D eigenvalue weighted by molar-refractivity contribution is 0.113. The van der Waals surface area contributed by atoms with Gasteiger partial charge in [-0.15, -0.1) is 11.8 Å². The summed E-state index contributed by atoms with van der Waals surface area (Å²) in [7, 11) is 0. The Morgan fingerprint density at radius 1 is 1.35 bits per heavy atom. The summed E-state index contributed by atoms with van der Waals surface area (Å²) in [6, 6.07) is 7.40. The van der Waals surface area contributed by atoms with Crippen molar-refractivity contribution in [3.05, 3.63) is 40.9 Å². The quantitative estimate of drug-likeness (QED) is 0.858. The van der Waals surface area contributed by atoms with Gasteiger partial charge in [0.15, 0.2) is 5.76 Å². The molecule has 1 atom stereocenters. The molecule has 0 unspecified atom stereocenters. The van der Waals surface area contributed by atoms with Crippen molar-refractivity contribution in [3.8, 4) is 11.3 Å². The highest BCUT2D eigenvalue weighted by Gasteiger charge is 2.12. The van der Waals surface area contributed by atoms with E-state index < -0.39 is 6.10 Å². The van der Waals surface area contributed by atoms with Gasteiger partial charge in [0.25, 0.3) is 0 Å². The molecule has 2 N–H and O–H groups in total. The number of aliphatic hydroxyl groups is 2. The predicted octanol–water partition coefficient (Wildman–Crippen LogP) is 2.89. The number of benzene rings is 1. The molecule has 6 heteroatoms. The second kappa shape index (κ2) is 7.13. The maximum Gasteiger partial charge on any atom is 0.205 e. The molecule has 0 bridgehead atoms. The van der Waals surface area contributed by atoms with Crippen molar-refractivity contribution in [2.75, 3.05) is 12.4 Å². The Morgan fingerprint density at radius 3 is 2.70 bits per heavy atom. The highest BCUT2D eigenvalue weighted by molar-refractivity contribution is 7.98. The van der Waals surface area contributed by atoms with Gasteiger partial charge in [-0.05, 0) is 31.2 Å². The second-order valence-electron chi connectivity index (χ2n) is 4.38. The van der Waals surface area contributed by atoms with E-state index in [-0.39, 0.29) is 6.61 Å². The summed E-state index contributed by atoms with van der Waals surface area (Å²) in [4.78, 5) is 4.37. The Bertz CT molecular complexity index is 556. The van der Waals surface area contributed by atoms with Crippen LogP contribution in [0.3, 0.4) is 0 Å². The average molecular weight is 314 g/mol. The van der Waals surface area contributed by atoms with Gasteiger partial charge in [-0.3, -0.25) is 0 Å². The fourth-order valence-electron chi connectivity index (χ4n) is 1.72. The van der Waals surface area contributed by atoms with E-state index in [1.807, 2.05) is 31.2 Å². The molecule has 0 radical (unpaired) electrons. The summed E-state index contributed by atoms with van der Waals surface area (Å²) in [6.45, 7) is 1.66. The van der Waals surface area contributed by atoms with Crippen molar-refractivity contribution in [1.29, 1.82) is 0 Å². The van der Waals surface area contributed by atoms with Crippen LogP contribution in [0.4, 0.5) is 0 Å². The van der Waals surface area contributed by atoms with E-state index in [2.05, 4.69) is 4.98 Å². The fourth-order valence-corrected chi connectivity index (χ4v) is 2.64. The van der Waals surface area contributed by atoms with Crippen LogP contribution in [0, 0.1) is 6.92 Å². The first-order valence-electron chi connectivity index (χ1n) is 6.19. The van der Waals surface area contributed by atoms with Crippen LogP contribution in [0.5, 0.6) is 0 Å². The van der Waals surface area contributed by atoms with Crippen LogP contribution in [0.2, 0.25) is 5.02 Å². The number of aliphatic hydroxyl groups excluding tert-OH is 2. The summed E-state index contributed by atoms with van der Waals surface area (Å²) in [5.74, 6) is 2.36. The molecule has 1 heterocycles. The van der Waals surface area contributed by atoms with E-state index in [1.165, 1.54) is 11.8 Å². The molecule has 0 aliphatic heterocycles. The van der Waals surface area contributed by atoms with Gasteiger partial charge in [0.2, 0.25) is 5.89 Å². The average Bonchev–Trinajstić information content (AvgIpc) is 2.80. The number of aromatic nitrogens is 1. The van der Waals surface area contributed by atoms with E-state index >= 15 is 0 Å². The molecule has 108 valence electrons. The molecule has 4 nitrogen and oxygen atoms in total. The van der Waals surface area contributed by atoms with E-state index in [0.717, 1.165) is 17.0 Å². The van der Waals surface area contributed by atoms with Crippen LogP contribution in [-0.4, -0.2) is 33.7 Å². The zero-order chi connectivity index (χ0) is 14.5. The van der Waals surface area contributed by atoms with Gasteiger partial charge in [0.1, 0.15) is 0 Å². The van der Waals surface area contributed by atoms with E-state index in [1.54, 1.807) is 0 Å². The number of halogens is 1. The molecule has 0 fully saturated rings. The SMILES string of the molecule is Cc1nc(CSC[C@H](O)CO)oc1-c1ccc(Cl)cc1. The minimum absolute atomic E-state index is 0.229. The van der Waals surface area contributed by atoms with Crippen LogP contribution >= 0.6 is 23.4 Å². The molecule has 0 spiro atoms. The summed E-state index contributed by atoms with van der Waals surface area (Å²) in [6.07, 6.45) is -0.702. The minimum Gasteiger partial charge on any atom is -0.440 e. The van der Waals surface area contributed by atoms with Crippen molar-refractivity contribution in [1.82, 2.24) is 4.98 Å². The minimum atomic E-state index is -0.702. The van der Waals surface area contributed by atoms with Crippen LogP contribution in [-0.2, 0) is 5.75 Å². The van der Waals surface area contributed by atoms with Crippen molar-refractivity contribution in [3.63, 3.8) is 0 Å². The highest BCUT2D eigenvalue weighted by Crippen LogP contribution is 2.27. The van der Waals surface area contributed by atoms with Gasteiger partial charge < -0.3 is 14.6 Å². The molecule has 1 aromatic carbocycles. The first-order chi connectivity index (χ1) is 9.60. The first kappa shape index (κ1) is 15.4. The number of hydrogen-bond acceptors (Lipinski definition) is 5. The van der Waals surface area contributed by atoms with Crippen LogP contribution < -0.4 is 0 Å². The maximum absolute atomic E-state index is 9.27. The van der Waals surface area contributed by atoms with Gasteiger partial charge in [-0.1, -0.05) is 11.6 Å². The van der Waals surface area contributed by atoms with Crippen molar-refractivity contribution >= 4 is 23.4 Å².